The predicted octanol–water partition coefficient (Wildman–Crippen LogP) is 2.34. The van der Waals surface area contributed by atoms with E-state index >= 15 is 0 Å². The minimum absolute atomic E-state index is 0.0923. The van der Waals surface area contributed by atoms with Crippen molar-refractivity contribution >= 4 is 11.6 Å². The van der Waals surface area contributed by atoms with Gasteiger partial charge in [0, 0.05) is 42.5 Å². The van der Waals surface area contributed by atoms with Gasteiger partial charge in [-0.05, 0) is 24.3 Å². The molecule has 23 heavy (non-hydrogen) atoms. The van der Waals surface area contributed by atoms with Crippen LogP contribution in [-0.4, -0.2) is 20.7 Å². The van der Waals surface area contributed by atoms with Crippen molar-refractivity contribution in [1.82, 2.24) is 20.1 Å². The standard InChI is InChI=1S/C17H15N5O/c1-22-10-13(15(21-22)11-5-4-8-18-9-11)16-19-14-7-3-2-6-12(14)17(23)20-16/h2-10,16,19H,1H3,(H,20,23)/t16-/m1/s1. The number of carbonyl (C=O) groups is 1. The monoisotopic (exact) mass is 305 g/mol. The Hall–Kier alpha value is -3.15. The number of benzene rings is 1. The summed E-state index contributed by atoms with van der Waals surface area (Å²) in [6, 6.07) is 11.3. The number of carbonyl (C=O) groups excluding carboxylic acids is 1. The van der Waals surface area contributed by atoms with Crippen LogP contribution in [0, 0.1) is 0 Å². The maximum Gasteiger partial charge on any atom is 0.255 e. The van der Waals surface area contributed by atoms with E-state index in [1.165, 1.54) is 0 Å². The highest BCUT2D eigenvalue weighted by molar-refractivity contribution is 6.01. The molecule has 3 heterocycles. The first kappa shape index (κ1) is 13.5. The Bertz CT molecular complexity index is 872. The highest BCUT2D eigenvalue weighted by Crippen LogP contribution is 2.31. The molecule has 1 atom stereocenters. The quantitative estimate of drug-likeness (QED) is 0.762. The summed E-state index contributed by atoms with van der Waals surface area (Å²) in [6.45, 7) is 0. The number of nitrogens with one attached hydrogen (secondary N) is 2. The lowest BCUT2D eigenvalue weighted by atomic mass is 10.0. The van der Waals surface area contributed by atoms with E-state index in [1.807, 2.05) is 43.6 Å². The van der Waals surface area contributed by atoms with Crippen LogP contribution in [0.4, 0.5) is 5.69 Å². The summed E-state index contributed by atoms with van der Waals surface area (Å²) in [5.41, 5.74) is 4.09. The van der Waals surface area contributed by atoms with E-state index in [9.17, 15) is 4.79 Å². The molecule has 0 fully saturated rings. The minimum atomic E-state index is -0.332. The average molecular weight is 305 g/mol. The zero-order valence-corrected chi connectivity index (χ0v) is 12.5. The van der Waals surface area contributed by atoms with Crippen molar-refractivity contribution in [1.29, 1.82) is 0 Å². The molecule has 1 amide bonds. The van der Waals surface area contributed by atoms with Crippen LogP contribution in [0.25, 0.3) is 11.3 Å². The molecule has 0 unspecified atom stereocenters. The van der Waals surface area contributed by atoms with E-state index in [4.69, 9.17) is 0 Å². The number of para-hydroxylation sites is 1. The zero-order valence-electron chi connectivity index (χ0n) is 12.5. The number of hydrogen-bond acceptors (Lipinski definition) is 4. The lowest BCUT2D eigenvalue weighted by Crippen LogP contribution is -2.38. The summed E-state index contributed by atoms with van der Waals surface area (Å²) >= 11 is 0. The molecule has 0 saturated carbocycles. The highest BCUT2D eigenvalue weighted by Gasteiger charge is 2.27. The van der Waals surface area contributed by atoms with Crippen molar-refractivity contribution in [3.05, 3.63) is 66.1 Å². The van der Waals surface area contributed by atoms with Gasteiger partial charge in [-0.2, -0.15) is 5.10 Å². The summed E-state index contributed by atoms with van der Waals surface area (Å²) < 4.78 is 1.74. The second kappa shape index (κ2) is 5.24. The summed E-state index contributed by atoms with van der Waals surface area (Å²) in [4.78, 5) is 16.5. The smallest absolute Gasteiger partial charge is 0.255 e. The third-order valence-electron chi connectivity index (χ3n) is 3.85. The van der Waals surface area contributed by atoms with Crippen LogP contribution < -0.4 is 10.6 Å². The lowest BCUT2D eigenvalue weighted by molar-refractivity contribution is 0.0936. The topological polar surface area (TPSA) is 71.8 Å². The fourth-order valence-corrected chi connectivity index (χ4v) is 2.81. The number of nitrogens with zero attached hydrogens (tertiary/aromatic N) is 3. The van der Waals surface area contributed by atoms with Gasteiger partial charge in [0.15, 0.2) is 0 Å². The second-order valence-electron chi connectivity index (χ2n) is 5.44. The van der Waals surface area contributed by atoms with Gasteiger partial charge in [0.2, 0.25) is 0 Å². The maximum absolute atomic E-state index is 12.3. The van der Waals surface area contributed by atoms with Crippen molar-refractivity contribution in [2.75, 3.05) is 5.32 Å². The third-order valence-corrected chi connectivity index (χ3v) is 3.85. The van der Waals surface area contributed by atoms with Crippen LogP contribution in [0.3, 0.4) is 0 Å². The van der Waals surface area contributed by atoms with Gasteiger partial charge in [0.1, 0.15) is 11.9 Å². The molecular formula is C17H15N5O. The number of anilines is 1. The van der Waals surface area contributed by atoms with Gasteiger partial charge in [-0.25, -0.2) is 0 Å². The molecule has 0 spiro atoms. The first-order chi connectivity index (χ1) is 11.2. The Morgan fingerprint density at radius 1 is 1.13 bits per heavy atom. The number of pyridine rings is 1. The Labute approximate surface area is 133 Å². The largest absolute Gasteiger partial charge is 0.361 e. The summed E-state index contributed by atoms with van der Waals surface area (Å²) in [7, 11) is 1.86. The summed E-state index contributed by atoms with van der Waals surface area (Å²) in [6.07, 6.45) is 5.07. The molecule has 0 aliphatic carbocycles. The predicted molar refractivity (Wildman–Crippen MR) is 86.7 cm³/mol. The molecule has 0 saturated heterocycles. The first-order valence-electron chi connectivity index (χ1n) is 7.33. The third kappa shape index (κ3) is 2.34. The van der Waals surface area contributed by atoms with E-state index in [0.29, 0.717) is 5.56 Å². The van der Waals surface area contributed by atoms with Crippen LogP contribution in [-0.2, 0) is 7.05 Å². The van der Waals surface area contributed by atoms with Crippen LogP contribution in [0.2, 0.25) is 0 Å². The number of aryl methyl sites for hydroxylation is 1. The van der Waals surface area contributed by atoms with Crippen molar-refractivity contribution in [3.63, 3.8) is 0 Å². The molecule has 1 aliphatic heterocycles. The van der Waals surface area contributed by atoms with Crippen LogP contribution >= 0.6 is 0 Å². The number of rotatable bonds is 2. The molecule has 4 rings (SSSR count). The van der Waals surface area contributed by atoms with Crippen molar-refractivity contribution in [2.45, 2.75) is 6.17 Å². The molecule has 0 bridgehead atoms. The molecule has 114 valence electrons. The van der Waals surface area contributed by atoms with E-state index in [0.717, 1.165) is 22.5 Å². The van der Waals surface area contributed by atoms with Gasteiger partial charge in [0.25, 0.3) is 5.91 Å². The first-order valence-corrected chi connectivity index (χ1v) is 7.33. The average Bonchev–Trinajstić information content (AvgIpc) is 2.98. The van der Waals surface area contributed by atoms with Crippen molar-refractivity contribution in [2.24, 2.45) is 7.05 Å². The Morgan fingerprint density at radius 3 is 2.83 bits per heavy atom. The van der Waals surface area contributed by atoms with E-state index < -0.39 is 0 Å². The highest BCUT2D eigenvalue weighted by atomic mass is 16.2. The van der Waals surface area contributed by atoms with Crippen molar-refractivity contribution < 1.29 is 4.79 Å². The molecule has 2 aromatic heterocycles. The molecule has 3 aromatic rings. The molecule has 2 N–H and O–H groups in total. The molecule has 6 heteroatoms. The molecular weight excluding hydrogens is 290 g/mol. The van der Waals surface area contributed by atoms with Gasteiger partial charge in [-0.15, -0.1) is 0 Å². The molecule has 6 nitrogen and oxygen atoms in total. The number of amides is 1. The van der Waals surface area contributed by atoms with Gasteiger partial charge in [-0.1, -0.05) is 12.1 Å². The van der Waals surface area contributed by atoms with Gasteiger partial charge < -0.3 is 10.6 Å². The van der Waals surface area contributed by atoms with Gasteiger partial charge >= 0.3 is 0 Å². The molecule has 1 aliphatic rings. The number of aromatic nitrogens is 3. The van der Waals surface area contributed by atoms with Crippen LogP contribution in [0.15, 0.2) is 55.0 Å². The molecule has 1 aromatic carbocycles. The number of hydrogen-bond donors (Lipinski definition) is 2. The second-order valence-corrected chi connectivity index (χ2v) is 5.44. The van der Waals surface area contributed by atoms with Crippen LogP contribution in [0.1, 0.15) is 22.1 Å². The zero-order chi connectivity index (χ0) is 15.8. The summed E-state index contributed by atoms with van der Waals surface area (Å²) in [5, 5.41) is 10.9. The number of fused-ring (bicyclic) bond motifs is 1. The SMILES string of the molecule is Cn1cc([C@H]2NC(=O)c3ccccc3N2)c(-c2cccnc2)n1. The Balaban J connectivity index is 1.77. The fourth-order valence-electron chi connectivity index (χ4n) is 2.81. The van der Waals surface area contributed by atoms with E-state index in [2.05, 4.69) is 20.7 Å². The van der Waals surface area contributed by atoms with Crippen molar-refractivity contribution in [3.8, 4) is 11.3 Å². The maximum atomic E-state index is 12.3. The normalized spacial score (nSPS) is 16.4. The van der Waals surface area contributed by atoms with E-state index in [-0.39, 0.29) is 12.1 Å². The Kier molecular flexibility index (Phi) is 3.08. The lowest BCUT2D eigenvalue weighted by Gasteiger charge is -2.27. The molecule has 0 radical (unpaired) electrons. The Morgan fingerprint density at radius 2 is 2.00 bits per heavy atom. The van der Waals surface area contributed by atoms with E-state index in [1.54, 1.807) is 23.1 Å². The van der Waals surface area contributed by atoms with Gasteiger partial charge in [0.05, 0.1) is 5.56 Å². The summed E-state index contributed by atoms with van der Waals surface area (Å²) in [5.74, 6) is -0.0923. The van der Waals surface area contributed by atoms with Crippen LogP contribution in [0.5, 0.6) is 0 Å². The fraction of sp³-hybridized carbons (Fsp3) is 0.118. The van der Waals surface area contributed by atoms with Gasteiger partial charge in [-0.3, -0.25) is 14.5 Å². The minimum Gasteiger partial charge on any atom is -0.361 e.